The molecule has 0 aliphatic heterocycles. The first-order valence-corrected chi connectivity index (χ1v) is 6.88. The van der Waals surface area contributed by atoms with Crippen LogP contribution >= 0.6 is 11.3 Å². The Labute approximate surface area is 121 Å². The number of ether oxygens (including phenoxy) is 1. The molecule has 0 radical (unpaired) electrons. The van der Waals surface area contributed by atoms with E-state index in [-0.39, 0.29) is 6.61 Å². The van der Waals surface area contributed by atoms with Crippen LogP contribution < -0.4 is 11.1 Å². The van der Waals surface area contributed by atoms with Gasteiger partial charge < -0.3 is 15.8 Å². The number of alkyl carbamates (subject to hydrolysis) is 1. The van der Waals surface area contributed by atoms with Gasteiger partial charge in [-0.25, -0.2) is 9.78 Å². The van der Waals surface area contributed by atoms with Crippen molar-refractivity contribution in [1.29, 1.82) is 0 Å². The van der Waals surface area contributed by atoms with Crippen molar-refractivity contribution in [2.24, 2.45) is 0 Å². The molecular weight excluding hydrogens is 274 g/mol. The highest BCUT2D eigenvalue weighted by molar-refractivity contribution is 7.16. The normalized spacial score (nSPS) is 10.6. The van der Waals surface area contributed by atoms with Gasteiger partial charge in [0.25, 0.3) is 0 Å². The van der Waals surface area contributed by atoms with Gasteiger partial charge in [-0.15, -0.1) is 0 Å². The molecule has 0 saturated carbocycles. The molecule has 0 aliphatic rings. The Kier molecular flexibility index (Phi) is 5.14. The van der Waals surface area contributed by atoms with Gasteiger partial charge in [-0.05, 0) is 11.6 Å². The quantitative estimate of drug-likeness (QED) is 0.887. The van der Waals surface area contributed by atoms with Crippen LogP contribution in [0, 0.1) is 0 Å². The Balaban J connectivity index is 1.66. The van der Waals surface area contributed by atoms with Gasteiger partial charge in [-0.2, -0.15) is 0 Å². The standard InChI is InChI=1S/C14H15N3O2S/c15-13-17-9-12(20-13)7-4-8-16-14(18)19-10-11-5-2-1-3-6-11/h1-7,9H,8,10H2,(H2,15,17)(H,16,18). The van der Waals surface area contributed by atoms with E-state index < -0.39 is 6.09 Å². The van der Waals surface area contributed by atoms with E-state index in [1.807, 2.05) is 42.5 Å². The Hall–Kier alpha value is -2.34. The Morgan fingerprint density at radius 2 is 2.20 bits per heavy atom. The zero-order chi connectivity index (χ0) is 14.2. The molecule has 0 saturated heterocycles. The molecule has 1 aromatic carbocycles. The third kappa shape index (κ3) is 4.74. The summed E-state index contributed by atoms with van der Waals surface area (Å²) in [5.41, 5.74) is 6.47. The number of nitrogens with two attached hydrogens (primary N) is 1. The zero-order valence-corrected chi connectivity index (χ0v) is 11.6. The van der Waals surface area contributed by atoms with Gasteiger partial charge >= 0.3 is 6.09 Å². The van der Waals surface area contributed by atoms with E-state index in [2.05, 4.69) is 10.3 Å². The maximum atomic E-state index is 11.4. The van der Waals surface area contributed by atoms with E-state index in [4.69, 9.17) is 10.5 Å². The van der Waals surface area contributed by atoms with Crippen LogP contribution in [-0.2, 0) is 11.3 Å². The predicted octanol–water partition coefficient (Wildman–Crippen LogP) is 2.66. The van der Waals surface area contributed by atoms with Crippen LogP contribution in [0.25, 0.3) is 6.08 Å². The molecule has 0 bridgehead atoms. The lowest BCUT2D eigenvalue weighted by atomic mass is 10.2. The molecule has 0 aliphatic carbocycles. The summed E-state index contributed by atoms with van der Waals surface area (Å²) in [5, 5.41) is 3.16. The maximum Gasteiger partial charge on any atom is 0.407 e. The number of benzene rings is 1. The second-order valence-electron chi connectivity index (χ2n) is 3.95. The molecular formula is C14H15N3O2S. The SMILES string of the molecule is Nc1ncc(C=CCNC(=O)OCc2ccccc2)s1. The molecule has 0 atom stereocenters. The molecule has 104 valence electrons. The first-order chi connectivity index (χ1) is 9.74. The third-order valence-corrected chi connectivity index (χ3v) is 3.19. The van der Waals surface area contributed by atoms with Crippen molar-refractivity contribution in [3.63, 3.8) is 0 Å². The average Bonchev–Trinajstić information content (AvgIpc) is 2.88. The summed E-state index contributed by atoms with van der Waals surface area (Å²) in [4.78, 5) is 16.3. The van der Waals surface area contributed by atoms with Crippen molar-refractivity contribution in [2.45, 2.75) is 6.61 Å². The van der Waals surface area contributed by atoms with Crippen molar-refractivity contribution in [3.8, 4) is 0 Å². The Morgan fingerprint density at radius 1 is 1.40 bits per heavy atom. The number of nitrogen functional groups attached to an aromatic ring is 1. The monoisotopic (exact) mass is 289 g/mol. The largest absolute Gasteiger partial charge is 0.445 e. The van der Waals surface area contributed by atoms with Gasteiger partial charge in [-0.3, -0.25) is 0 Å². The Bertz CT molecular complexity index is 581. The summed E-state index contributed by atoms with van der Waals surface area (Å²) < 4.78 is 5.07. The van der Waals surface area contributed by atoms with Crippen molar-refractivity contribution in [2.75, 3.05) is 12.3 Å². The number of carbonyl (C=O) groups excluding carboxylic acids is 1. The predicted molar refractivity (Wildman–Crippen MR) is 80.2 cm³/mol. The van der Waals surface area contributed by atoms with Gasteiger partial charge in [0.2, 0.25) is 0 Å². The molecule has 5 nitrogen and oxygen atoms in total. The smallest absolute Gasteiger partial charge is 0.407 e. The number of hydrogen-bond acceptors (Lipinski definition) is 5. The van der Waals surface area contributed by atoms with Crippen molar-refractivity contribution < 1.29 is 9.53 Å². The van der Waals surface area contributed by atoms with Crippen LogP contribution in [0.15, 0.2) is 42.6 Å². The van der Waals surface area contributed by atoms with Crippen LogP contribution in [0.4, 0.5) is 9.93 Å². The molecule has 2 rings (SSSR count). The van der Waals surface area contributed by atoms with Crippen LogP contribution in [0.5, 0.6) is 0 Å². The second-order valence-corrected chi connectivity index (χ2v) is 5.04. The molecule has 0 spiro atoms. The van der Waals surface area contributed by atoms with E-state index in [1.54, 1.807) is 6.20 Å². The summed E-state index contributed by atoms with van der Waals surface area (Å²) in [5.74, 6) is 0. The van der Waals surface area contributed by atoms with Gasteiger partial charge in [0.1, 0.15) is 6.61 Å². The summed E-state index contributed by atoms with van der Waals surface area (Å²) >= 11 is 1.39. The second kappa shape index (κ2) is 7.30. The van der Waals surface area contributed by atoms with Crippen molar-refractivity contribution >= 4 is 28.6 Å². The minimum Gasteiger partial charge on any atom is -0.445 e. The molecule has 20 heavy (non-hydrogen) atoms. The van der Waals surface area contributed by atoms with Crippen LogP contribution in [0.3, 0.4) is 0 Å². The number of hydrogen-bond donors (Lipinski definition) is 2. The highest BCUT2D eigenvalue weighted by Gasteiger charge is 2.00. The number of carbonyl (C=O) groups is 1. The fourth-order valence-electron chi connectivity index (χ4n) is 1.47. The Morgan fingerprint density at radius 3 is 2.90 bits per heavy atom. The summed E-state index contributed by atoms with van der Waals surface area (Å²) in [6.07, 6.45) is 4.91. The average molecular weight is 289 g/mol. The number of nitrogens with zero attached hydrogens (tertiary/aromatic N) is 1. The molecule has 3 N–H and O–H groups in total. The lowest BCUT2D eigenvalue weighted by Crippen LogP contribution is -2.24. The van der Waals surface area contributed by atoms with Crippen molar-refractivity contribution in [3.05, 3.63) is 53.0 Å². The van der Waals surface area contributed by atoms with Gasteiger partial charge in [0.05, 0.1) is 0 Å². The van der Waals surface area contributed by atoms with Gasteiger partial charge in [-0.1, -0.05) is 47.7 Å². The number of thiazole rings is 1. The summed E-state index contributed by atoms with van der Waals surface area (Å²) in [6.45, 7) is 0.660. The molecule has 1 heterocycles. The molecule has 1 aromatic heterocycles. The zero-order valence-electron chi connectivity index (χ0n) is 10.8. The molecule has 0 fully saturated rings. The lowest BCUT2D eigenvalue weighted by molar-refractivity contribution is 0.141. The van der Waals surface area contributed by atoms with Crippen LogP contribution in [0.1, 0.15) is 10.4 Å². The molecule has 1 amide bonds. The maximum absolute atomic E-state index is 11.4. The number of rotatable bonds is 5. The molecule has 2 aromatic rings. The van der Waals surface area contributed by atoms with Gasteiger partial charge in [0, 0.05) is 17.6 Å². The fraction of sp³-hybridized carbons (Fsp3) is 0.143. The van der Waals surface area contributed by atoms with E-state index in [1.165, 1.54) is 11.3 Å². The van der Waals surface area contributed by atoms with Crippen LogP contribution in [0.2, 0.25) is 0 Å². The summed E-state index contributed by atoms with van der Waals surface area (Å²) in [7, 11) is 0. The summed E-state index contributed by atoms with van der Waals surface area (Å²) in [6, 6.07) is 9.53. The first kappa shape index (κ1) is 14.1. The van der Waals surface area contributed by atoms with E-state index in [0.29, 0.717) is 11.7 Å². The highest BCUT2D eigenvalue weighted by Crippen LogP contribution is 2.15. The first-order valence-electron chi connectivity index (χ1n) is 6.06. The van der Waals surface area contributed by atoms with E-state index in [0.717, 1.165) is 10.4 Å². The lowest BCUT2D eigenvalue weighted by Gasteiger charge is -2.04. The number of nitrogens with one attached hydrogen (secondary N) is 1. The van der Waals surface area contributed by atoms with Gasteiger partial charge in [0.15, 0.2) is 5.13 Å². The van der Waals surface area contributed by atoms with Crippen molar-refractivity contribution in [1.82, 2.24) is 10.3 Å². The number of amides is 1. The van der Waals surface area contributed by atoms with Crippen LogP contribution in [-0.4, -0.2) is 17.6 Å². The minimum absolute atomic E-state index is 0.266. The molecule has 6 heteroatoms. The highest BCUT2D eigenvalue weighted by atomic mass is 32.1. The number of aromatic nitrogens is 1. The fourth-order valence-corrected chi connectivity index (χ4v) is 2.09. The topological polar surface area (TPSA) is 77.2 Å². The number of anilines is 1. The van der Waals surface area contributed by atoms with E-state index in [9.17, 15) is 4.79 Å². The third-order valence-electron chi connectivity index (χ3n) is 2.40. The minimum atomic E-state index is -0.442. The molecule has 0 unspecified atom stereocenters. The van der Waals surface area contributed by atoms with E-state index >= 15 is 0 Å².